The zero-order valence-corrected chi connectivity index (χ0v) is 16.8. The number of rotatable bonds is 7. The summed E-state index contributed by atoms with van der Waals surface area (Å²) in [5.74, 6) is 0.141. The molecule has 2 aromatic carbocycles. The van der Waals surface area contributed by atoms with Crippen molar-refractivity contribution in [1.29, 1.82) is 0 Å². The summed E-state index contributed by atoms with van der Waals surface area (Å²) in [6.45, 7) is 1.89. The van der Waals surface area contributed by atoms with Crippen molar-refractivity contribution < 1.29 is 19.1 Å². The number of esters is 1. The summed E-state index contributed by atoms with van der Waals surface area (Å²) >= 11 is 5.87. The Kier molecular flexibility index (Phi) is 7.10. The van der Waals surface area contributed by atoms with E-state index >= 15 is 0 Å². The number of halogens is 1. The summed E-state index contributed by atoms with van der Waals surface area (Å²) in [5, 5.41) is 0.589. The number of carbonyl (C=O) groups is 2. The highest BCUT2D eigenvalue weighted by Crippen LogP contribution is 2.23. The average molecular weight is 401 g/mol. The molecule has 0 aromatic heterocycles. The van der Waals surface area contributed by atoms with Crippen LogP contribution in [0.2, 0.25) is 5.02 Å². The van der Waals surface area contributed by atoms with E-state index < -0.39 is 6.10 Å². The Bertz CT molecular complexity index is 792. The van der Waals surface area contributed by atoms with E-state index in [0.29, 0.717) is 28.3 Å². The van der Waals surface area contributed by atoms with Gasteiger partial charge in [0.05, 0.1) is 0 Å². The van der Waals surface area contributed by atoms with Gasteiger partial charge >= 0.3 is 5.97 Å². The van der Waals surface area contributed by atoms with Gasteiger partial charge in [-0.25, -0.2) is 4.79 Å². The fourth-order valence-electron chi connectivity index (χ4n) is 3.34. The number of ether oxygens (including phenoxy) is 2. The van der Waals surface area contributed by atoms with Crippen molar-refractivity contribution in [1.82, 2.24) is 0 Å². The quantitative estimate of drug-likeness (QED) is 0.448. The molecule has 4 nitrogen and oxygen atoms in total. The molecule has 28 heavy (non-hydrogen) atoms. The molecule has 1 aliphatic carbocycles. The molecule has 1 fully saturated rings. The lowest BCUT2D eigenvalue weighted by Gasteiger charge is -2.24. The number of carbonyl (C=O) groups excluding carboxylic acids is 2. The van der Waals surface area contributed by atoms with E-state index in [1.165, 1.54) is 6.42 Å². The highest BCUT2D eigenvalue weighted by Gasteiger charge is 2.25. The normalized spacial score (nSPS) is 15.6. The maximum absolute atomic E-state index is 12.5. The van der Waals surface area contributed by atoms with Gasteiger partial charge in [0.25, 0.3) is 0 Å². The Morgan fingerprint density at radius 2 is 1.54 bits per heavy atom. The summed E-state index contributed by atoms with van der Waals surface area (Å²) in [4.78, 5) is 24.9. The van der Waals surface area contributed by atoms with Gasteiger partial charge in [-0.3, -0.25) is 4.79 Å². The molecule has 2 aromatic rings. The highest BCUT2D eigenvalue weighted by atomic mass is 35.5. The second-order valence-corrected chi connectivity index (χ2v) is 7.51. The summed E-state index contributed by atoms with van der Waals surface area (Å²) in [6.07, 6.45) is 5.20. The molecule has 0 heterocycles. The lowest BCUT2D eigenvalue weighted by Crippen LogP contribution is -2.32. The van der Waals surface area contributed by atoms with Crippen LogP contribution in [0.4, 0.5) is 0 Å². The first-order valence-corrected chi connectivity index (χ1v) is 10.2. The fourth-order valence-corrected chi connectivity index (χ4v) is 3.46. The number of ketones is 1. The third-order valence-electron chi connectivity index (χ3n) is 4.97. The second kappa shape index (κ2) is 9.74. The van der Waals surface area contributed by atoms with Gasteiger partial charge in [0.15, 0.2) is 11.9 Å². The summed E-state index contributed by atoms with van der Waals surface area (Å²) in [5.41, 5.74) is 1.12. The largest absolute Gasteiger partial charge is 0.479 e. The molecule has 0 amide bonds. The lowest BCUT2D eigenvalue weighted by molar-refractivity contribution is -0.159. The summed E-state index contributed by atoms with van der Waals surface area (Å²) in [6, 6.07) is 13.6. The molecule has 0 spiro atoms. The number of hydrogen-bond acceptors (Lipinski definition) is 4. The molecule has 1 unspecified atom stereocenters. The van der Waals surface area contributed by atoms with Crippen LogP contribution in [0, 0.1) is 0 Å². The van der Waals surface area contributed by atoms with Crippen LogP contribution in [-0.2, 0) is 9.53 Å². The molecule has 0 bridgehead atoms. The van der Waals surface area contributed by atoms with Crippen LogP contribution >= 0.6 is 11.6 Å². The molecule has 0 aliphatic heterocycles. The Hall–Kier alpha value is -2.33. The Labute approximate surface area is 170 Å². The summed E-state index contributed by atoms with van der Waals surface area (Å²) < 4.78 is 11.4. The molecule has 0 N–H and O–H groups in total. The van der Waals surface area contributed by atoms with E-state index in [9.17, 15) is 9.59 Å². The van der Waals surface area contributed by atoms with Crippen molar-refractivity contribution in [3.63, 3.8) is 0 Å². The molecule has 0 radical (unpaired) electrons. The number of benzene rings is 2. The van der Waals surface area contributed by atoms with E-state index in [4.69, 9.17) is 21.1 Å². The van der Waals surface area contributed by atoms with Crippen molar-refractivity contribution in [2.24, 2.45) is 0 Å². The van der Waals surface area contributed by atoms with Crippen molar-refractivity contribution in [2.45, 2.75) is 57.7 Å². The first-order valence-electron chi connectivity index (χ1n) is 9.84. The van der Waals surface area contributed by atoms with Gasteiger partial charge in [-0.15, -0.1) is 0 Å². The van der Waals surface area contributed by atoms with Crippen molar-refractivity contribution >= 4 is 23.4 Å². The predicted octanol–water partition coefficient (Wildman–Crippen LogP) is 5.60. The Morgan fingerprint density at radius 3 is 2.11 bits per heavy atom. The van der Waals surface area contributed by atoms with Crippen LogP contribution in [0.1, 0.15) is 61.4 Å². The minimum atomic E-state index is -0.639. The van der Waals surface area contributed by atoms with Crippen LogP contribution in [0.5, 0.6) is 5.75 Å². The van der Waals surface area contributed by atoms with E-state index in [1.54, 1.807) is 48.5 Å². The van der Waals surface area contributed by atoms with Crippen LogP contribution < -0.4 is 4.74 Å². The van der Waals surface area contributed by atoms with Crippen LogP contribution in [0.15, 0.2) is 48.5 Å². The maximum atomic E-state index is 12.5. The standard InChI is InChI=1S/C23H25ClO4/c1-2-21(23(26)28-19-6-4-3-5-7-19)27-20-14-10-17(11-15-20)22(25)16-8-12-18(24)13-9-16/h8-15,19,21H,2-7H2,1H3. The predicted molar refractivity (Wildman–Crippen MR) is 109 cm³/mol. The van der Waals surface area contributed by atoms with E-state index in [1.807, 2.05) is 6.92 Å². The van der Waals surface area contributed by atoms with Gasteiger partial charge in [-0.2, -0.15) is 0 Å². The average Bonchev–Trinajstić information content (AvgIpc) is 2.73. The monoisotopic (exact) mass is 400 g/mol. The van der Waals surface area contributed by atoms with E-state index in [-0.39, 0.29) is 17.9 Å². The second-order valence-electron chi connectivity index (χ2n) is 7.07. The SMILES string of the molecule is CCC(Oc1ccc(C(=O)c2ccc(Cl)cc2)cc1)C(=O)OC1CCCCC1. The molecular weight excluding hydrogens is 376 g/mol. The molecule has 0 saturated heterocycles. The Morgan fingerprint density at radius 1 is 0.964 bits per heavy atom. The van der Waals surface area contributed by atoms with Gasteiger partial charge in [0.1, 0.15) is 11.9 Å². The highest BCUT2D eigenvalue weighted by molar-refractivity contribution is 6.30. The van der Waals surface area contributed by atoms with Crippen LogP contribution in [0.25, 0.3) is 0 Å². The molecule has 1 aliphatic rings. The fraction of sp³-hybridized carbons (Fsp3) is 0.391. The van der Waals surface area contributed by atoms with E-state index in [2.05, 4.69) is 0 Å². The Balaban J connectivity index is 1.61. The summed E-state index contributed by atoms with van der Waals surface area (Å²) in [7, 11) is 0. The lowest BCUT2D eigenvalue weighted by atomic mass is 9.98. The minimum absolute atomic E-state index is 0.0123. The topological polar surface area (TPSA) is 52.6 Å². The zero-order chi connectivity index (χ0) is 19.9. The van der Waals surface area contributed by atoms with Crippen LogP contribution in [-0.4, -0.2) is 24.0 Å². The van der Waals surface area contributed by atoms with Gasteiger partial charge in [-0.1, -0.05) is 24.9 Å². The van der Waals surface area contributed by atoms with Gasteiger partial charge in [-0.05, 0) is 80.6 Å². The molecule has 5 heteroatoms. The van der Waals surface area contributed by atoms with Gasteiger partial charge in [0, 0.05) is 16.1 Å². The van der Waals surface area contributed by atoms with Crippen LogP contribution in [0.3, 0.4) is 0 Å². The molecule has 1 saturated carbocycles. The third kappa shape index (κ3) is 5.35. The van der Waals surface area contributed by atoms with Gasteiger partial charge in [0.2, 0.25) is 0 Å². The van der Waals surface area contributed by atoms with Crippen molar-refractivity contribution in [3.05, 3.63) is 64.7 Å². The molecule has 148 valence electrons. The first kappa shape index (κ1) is 20.4. The third-order valence-corrected chi connectivity index (χ3v) is 5.22. The first-order chi connectivity index (χ1) is 13.6. The zero-order valence-electron chi connectivity index (χ0n) is 16.0. The molecular formula is C23H25ClO4. The molecule has 3 rings (SSSR count). The minimum Gasteiger partial charge on any atom is -0.479 e. The number of hydrogen-bond donors (Lipinski definition) is 0. The smallest absolute Gasteiger partial charge is 0.347 e. The van der Waals surface area contributed by atoms with Gasteiger partial charge < -0.3 is 9.47 Å². The molecule has 1 atom stereocenters. The maximum Gasteiger partial charge on any atom is 0.347 e. The van der Waals surface area contributed by atoms with Crippen molar-refractivity contribution in [3.8, 4) is 5.75 Å². The van der Waals surface area contributed by atoms with E-state index in [0.717, 1.165) is 25.7 Å². The van der Waals surface area contributed by atoms with Crippen molar-refractivity contribution in [2.75, 3.05) is 0 Å².